The van der Waals surface area contributed by atoms with Gasteiger partial charge in [-0.05, 0) is 55.5 Å². The van der Waals surface area contributed by atoms with Crippen molar-refractivity contribution in [2.75, 3.05) is 6.61 Å². The van der Waals surface area contributed by atoms with E-state index in [2.05, 4.69) is 0 Å². The van der Waals surface area contributed by atoms with Crippen LogP contribution in [0, 0.1) is 0 Å². The summed E-state index contributed by atoms with van der Waals surface area (Å²) in [5.74, 6) is -0.103. The second-order valence-electron chi connectivity index (χ2n) is 4.69. The van der Waals surface area contributed by atoms with Gasteiger partial charge in [-0.15, -0.1) is 0 Å². The van der Waals surface area contributed by atoms with Gasteiger partial charge in [0.2, 0.25) is 0 Å². The van der Waals surface area contributed by atoms with Crippen molar-refractivity contribution in [3.63, 3.8) is 0 Å². The Balaban J connectivity index is 2.12. The summed E-state index contributed by atoms with van der Waals surface area (Å²) < 4.78 is 4.87. The number of carbonyl (C=O) groups excluding carboxylic acids is 2. The molecule has 1 rings (SSSR count). The second kappa shape index (κ2) is 9.54. The third-order valence-corrected chi connectivity index (χ3v) is 3.30. The minimum absolute atomic E-state index is 0.103. The number of hydrogen-bond donors (Lipinski definition) is 0. The molecule has 0 N–H and O–H groups in total. The fraction of sp³-hybridized carbons (Fsp3) is 0.500. The summed E-state index contributed by atoms with van der Waals surface area (Å²) in [4.78, 5) is 22.0. The molecule has 0 unspecified atom stereocenters. The average molecular weight is 297 g/mol. The molecule has 1 aromatic rings. The maximum atomic E-state index is 11.1. The van der Waals surface area contributed by atoms with Gasteiger partial charge in [0.05, 0.1) is 6.61 Å². The molecular weight excluding hydrogens is 276 g/mol. The van der Waals surface area contributed by atoms with Crippen molar-refractivity contribution in [3.05, 3.63) is 35.4 Å². The molecule has 0 heterocycles. The summed E-state index contributed by atoms with van der Waals surface area (Å²) >= 11 is 5.39. The Kier molecular flexibility index (Phi) is 7.97. The molecule has 4 heteroatoms. The predicted octanol–water partition coefficient (Wildman–Crippen LogP) is 4.12. The average Bonchev–Trinajstić information content (AvgIpc) is 2.43. The largest absolute Gasteiger partial charge is 0.466 e. The van der Waals surface area contributed by atoms with Crippen molar-refractivity contribution in [2.24, 2.45) is 0 Å². The third kappa shape index (κ3) is 6.71. The van der Waals surface area contributed by atoms with Gasteiger partial charge in [0, 0.05) is 12.0 Å². The zero-order valence-corrected chi connectivity index (χ0v) is 12.6. The minimum Gasteiger partial charge on any atom is -0.466 e. The van der Waals surface area contributed by atoms with Crippen molar-refractivity contribution in [1.29, 1.82) is 0 Å². The normalized spacial score (nSPS) is 10.3. The first-order valence-corrected chi connectivity index (χ1v) is 7.45. The number of aryl methyl sites for hydroxylation is 1. The number of rotatable bonds is 9. The number of hydrogen-bond acceptors (Lipinski definition) is 3. The summed E-state index contributed by atoms with van der Waals surface area (Å²) in [6.45, 7) is 2.28. The monoisotopic (exact) mass is 296 g/mol. The van der Waals surface area contributed by atoms with E-state index in [0.29, 0.717) is 18.6 Å². The second-order valence-corrected chi connectivity index (χ2v) is 5.03. The van der Waals surface area contributed by atoms with Crippen LogP contribution in [0.25, 0.3) is 0 Å². The van der Waals surface area contributed by atoms with E-state index in [1.54, 1.807) is 12.1 Å². The molecule has 0 saturated carbocycles. The van der Waals surface area contributed by atoms with Crippen molar-refractivity contribution >= 4 is 22.8 Å². The van der Waals surface area contributed by atoms with Crippen LogP contribution in [0.1, 0.15) is 54.9 Å². The van der Waals surface area contributed by atoms with E-state index in [9.17, 15) is 9.59 Å². The van der Waals surface area contributed by atoms with Gasteiger partial charge in [0.15, 0.2) is 0 Å². The molecule has 0 bridgehead atoms. The lowest BCUT2D eigenvalue weighted by atomic mass is 10.0. The van der Waals surface area contributed by atoms with Crippen LogP contribution < -0.4 is 0 Å². The van der Waals surface area contributed by atoms with E-state index in [4.69, 9.17) is 16.3 Å². The highest BCUT2D eigenvalue weighted by molar-refractivity contribution is 6.67. The zero-order valence-electron chi connectivity index (χ0n) is 11.9. The van der Waals surface area contributed by atoms with E-state index >= 15 is 0 Å². The molecule has 0 amide bonds. The number of ether oxygens (including phenoxy) is 1. The molecule has 0 radical (unpaired) electrons. The summed E-state index contributed by atoms with van der Waals surface area (Å²) in [5, 5.41) is -0.421. The van der Waals surface area contributed by atoms with E-state index in [1.807, 2.05) is 19.1 Å². The van der Waals surface area contributed by atoms with E-state index < -0.39 is 5.24 Å². The molecule has 0 aliphatic heterocycles. The molecule has 110 valence electrons. The van der Waals surface area contributed by atoms with Crippen molar-refractivity contribution in [2.45, 2.75) is 45.4 Å². The molecule has 0 aliphatic carbocycles. The highest BCUT2D eigenvalue weighted by Crippen LogP contribution is 2.12. The lowest BCUT2D eigenvalue weighted by Crippen LogP contribution is -2.03. The minimum atomic E-state index is -0.421. The molecule has 0 aliphatic rings. The zero-order chi connectivity index (χ0) is 14.8. The Bertz CT molecular complexity index is 426. The van der Waals surface area contributed by atoms with E-state index in [0.717, 1.165) is 32.1 Å². The highest BCUT2D eigenvalue weighted by atomic mass is 35.5. The predicted molar refractivity (Wildman–Crippen MR) is 80.0 cm³/mol. The fourth-order valence-corrected chi connectivity index (χ4v) is 2.11. The Morgan fingerprint density at radius 3 is 2.30 bits per heavy atom. The Hall–Kier alpha value is -1.35. The van der Waals surface area contributed by atoms with Crippen molar-refractivity contribution in [3.8, 4) is 0 Å². The topological polar surface area (TPSA) is 43.4 Å². The third-order valence-electron chi connectivity index (χ3n) is 3.08. The number of unbranched alkanes of at least 4 members (excludes halogenated alkanes) is 3. The number of carbonyl (C=O) groups is 2. The molecule has 0 aromatic heterocycles. The fourth-order valence-electron chi connectivity index (χ4n) is 1.99. The summed E-state index contributed by atoms with van der Waals surface area (Å²) in [6.07, 6.45) is 5.60. The lowest BCUT2D eigenvalue weighted by Gasteiger charge is -2.03. The first-order valence-electron chi connectivity index (χ1n) is 7.08. The van der Waals surface area contributed by atoms with Gasteiger partial charge in [0.1, 0.15) is 0 Å². The van der Waals surface area contributed by atoms with Crippen LogP contribution in [-0.2, 0) is 16.0 Å². The number of esters is 1. The van der Waals surface area contributed by atoms with Crippen LogP contribution in [-0.4, -0.2) is 17.8 Å². The van der Waals surface area contributed by atoms with Crippen LogP contribution in [0.3, 0.4) is 0 Å². The van der Waals surface area contributed by atoms with E-state index in [-0.39, 0.29) is 5.97 Å². The van der Waals surface area contributed by atoms with Gasteiger partial charge in [-0.25, -0.2) is 0 Å². The Labute approximate surface area is 125 Å². The van der Waals surface area contributed by atoms with Crippen molar-refractivity contribution < 1.29 is 14.3 Å². The first-order chi connectivity index (χ1) is 9.63. The van der Waals surface area contributed by atoms with Crippen LogP contribution in [0.2, 0.25) is 0 Å². The summed E-state index contributed by atoms with van der Waals surface area (Å²) in [7, 11) is 0. The smallest absolute Gasteiger partial charge is 0.305 e. The molecular formula is C16H21ClO3. The van der Waals surface area contributed by atoms with Crippen LogP contribution in [0.4, 0.5) is 0 Å². The van der Waals surface area contributed by atoms with Gasteiger partial charge in [-0.1, -0.05) is 25.0 Å². The van der Waals surface area contributed by atoms with Crippen LogP contribution in [0.15, 0.2) is 24.3 Å². The van der Waals surface area contributed by atoms with Crippen molar-refractivity contribution in [1.82, 2.24) is 0 Å². The SMILES string of the molecule is CCOC(=O)CCCCCCc1ccc(C(=O)Cl)cc1. The molecule has 0 atom stereocenters. The van der Waals surface area contributed by atoms with Gasteiger partial charge < -0.3 is 4.74 Å². The standard InChI is InChI=1S/C16H21ClO3/c1-2-20-15(18)8-6-4-3-5-7-13-9-11-14(12-10-13)16(17)19/h9-12H,2-8H2,1H3. The van der Waals surface area contributed by atoms with Crippen LogP contribution >= 0.6 is 11.6 Å². The lowest BCUT2D eigenvalue weighted by molar-refractivity contribution is -0.143. The summed E-state index contributed by atoms with van der Waals surface area (Å²) in [5.41, 5.74) is 1.74. The molecule has 0 saturated heterocycles. The van der Waals surface area contributed by atoms with Crippen LogP contribution in [0.5, 0.6) is 0 Å². The highest BCUT2D eigenvalue weighted by Gasteiger charge is 2.02. The van der Waals surface area contributed by atoms with Gasteiger partial charge in [-0.2, -0.15) is 0 Å². The number of benzene rings is 1. The summed E-state index contributed by atoms with van der Waals surface area (Å²) in [6, 6.07) is 7.39. The molecule has 0 fully saturated rings. The maximum Gasteiger partial charge on any atom is 0.305 e. The molecule has 0 spiro atoms. The Morgan fingerprint density at radius 2 is 1.70 bits per heavy atom. The molecule has 20 heavy (non-hydrogen) atoms. The van der Waals surface area contributed by atoms with E-state index in [1.165, 1.54) is 5.56 Å². The maximum absolute atomic E-state index is 11.1. The molecule has 3 nitrogen and oxygen atoms in total. The first kappa shape index (κ1) is 16.7. The number of halogens is 1. The quantitative estimate of drug-likeness (QED) is 0.391. The van der Waals surface area contributed by atoms with Gasteiger partial charge in [-0.3, -0.25) is 9.59 Å². The van der Waals surface area contributed by atoms with Gasteiger partial charge in [0.25, 0.3) is 5.24 Å². The van der Waals surface area contributed by atoms with Gasteiger partial charge >= 0.3 is 5.97 Å². The molecule has 1 aromatic carbocycles. The Morgan fingerprint density at radius 1 is 1.05 bits per heavy atom.